The number of rotatable bonds is 1. The van der Waals surface area contributed by atoms with Crippen LogP contribution < -0.4 is 0 Å². The van der Waals surface area contributed by atoms with Crippen molar-refractivity contribution in [2.24, 2.45) is 0 Å². The minimum atomic E-state index is -0.727. The van der Waals surface area contributed by atoms with Crippen LogP contribution in [0.2, 0.25) is 12.1 Å². The van der Waals surface area contributed by atoms with Gasteiger partial charge in [-0.2, -0.15) is 0 Å². The van der Waals surface area contributed by atoms with Crippen molar-refractivity contribution in [3.63, 3.8) is 0 Å². The molecule has 1 saturated heterocycles. The smallest absolute Gasteiger partial charge is 0.301 e. The van der Waals surface area contributed by atoms with Gasteiger partial charge in [0.05, 0.1) is 12.4 Å². The van der Waals surface area contributed by atoms with Gasteiger partial charge in [-0.15, -0.1) is 0 Å². The highest BCUT2D eigenvalue weighted by Gasteiger charge is 2.21. The van der Waals surface area contributed by atoms with Gasteiger partial charge in [0.25, 0.3) is 0 Å². The number of carboxylic acid groups (broad SMARTS) is 1. The number of hydrogen-bond acceptors (Lipinski definition) is 2. The normalized spacial score (nSPS) is 26.9. The van der Waals surface area contributed by atoms with Crippen LogP contribution in [0.15, 0.2) is 0 Å². The molecule has 1 fully saturated rings. The molecule has 1 aliphatic heterocycles. The second-order valence-electron chi connectivity index (χ2n) is 2.25. The molecule has 3 nitrogen and oxygen atoms in total. The van der Waals surface area contributed by atoms with Crippen LogP contribution in [0.5, 0.6) is 0 Å². The Morgan fingerprint density at radius 1 is 1.78 bits per heavy atom. The van der Waals surface area contributed by atoms with E-state index in [2.05, 4.69) is 0 Å². The van der Waals surface area contributed by atoms with E-state index in [-0.39, 0.29) is 5.82 Å². The SMILES string of the molecule is O=C(O)C1BCCOC1. The molecule has 1 rings (SSSR count). The summed E-state index contributed by atoms with van der Waals surface area (Å²) in [6, 6.07) is 0. The second-order valence-corrected chi connectivity index (χ2v) is 2.25. The van der Waals surface area contributed by atoms with Crippen LogP contribution in [0.1, 0.15) is 0 Å². The third-order valence-corrected chi connectivity index (χ3v) is 1.51. The lowest BCUT2D eigenvalue weighted by Gasteiger charge is -2.16. The first-order chi connectivity index (χ1) is 4.30. The Kier molecular flexibility index (Phi) is 2.11. The molecule has 50 valence electrons. The highest BCUT2D eigenvalue weighted by Crippen LogP contribution is 2.11. The molecule has 0 aliphatic carbocycles. The van der Waals surface area contributed by atoms with Crippen LogP contribution in [-0.4, -0.2) is 31.6 Å². The fourth-order valence-corrected chi connectivity index (χ4v) is 0.935. The molecule has 0 aromatic heterocycles. The maximum Gasteiger partial charge on any atom is 0.301 e. The second kappa shape index (κ2) is 2.87. The van der Waals surface area contributed by atoms with Crippen LogP contribution >= 0.6 is 0 Å². The first-order valence-corrected chi connectivity index (χ1v) is 3.11. The van der Waals surface area contributed by atoms with Crippen molar-refractivity contribution in [1.82, 2.24) is 0 Å². The summed E-state index contributed by atoms with van der Waals surface area (Å²) in [5, 5.41) is 8.46. The van der Waals surface area contributed by atoms with Gasteiger partial charge >= 0.3 is 5.97 Å². The molecule has 0 spiro atoms. The molecule has 1 unspecified atom stereocenters. The molecule has 1 aliphatic rings. The molecule has 0 radical (unpaired) electrons. The fourth-order valence-electron chi connectivity index (χ4n) is 0.935. The molecule has 0 amide bonds. The van der Waals surface area contributed by atoms with Gasteiger partial charge in [0.15, 0.2) is 0 Å². The highest BCUT2D eigenvalue weighted by molar-refractivity contribution is 6.43. The summed E-state index contributed by atoms with van der Waals surface area (Å²) in [6.07, 6.45) is 0.886. The molecule has 0 bridgehead atoms. The van der Waals surface area contributed by atoms with Crippen LogP contribution in [-0.2, 0) is 9.53 Å². The lowest BCUT2D eigenvalue weighted by molar-refractivity contribution is -0.138. The zero-order valence-electron chi connectivity index (χ0n) is 5.17. The Morgan fingerprint density at radius 3 is 2.89 bits per heavy atom. The summed E-state index contributed by atoms with van der Waals surface area (Å²) in [4.78, 5) is 10.3. The topological polar surface area (TPSA) is 46.5 Å². The van der Waals surface area contributed by atoms with Crippen LogP contribution in [0.25, 0.3) is 0 Å². The van der Waals surface area contributed by atoms with Crippen molar-refractivity contribution in [3.8, 4) is 0 Å². The van der Waals surface area contributed by atoms with Crippen LogP contribution in [0.4, 0.5) is 0 Å². The summed E-state index contributed by atoms with van der Waals surface area (Å²) in [6.45, 7) is 1.12. The van der Waals surface area contributed by atoms with Gasteiger partial charge in [-0.3, -0.25) is 4.79 Å². The number of aliphatic carboxylic acids is 1. The van der Waals surface area contributed by atoms with Crippen molar-refractivity contribution in [2.45, 2.75) is 12.1 Å². The fraction of sp³-hybridized carbons (Fsp3) is 0.800. The summed E-state index contributed by atoms with van der Waals surface area (Å²) in [5.41, 5.74) is 0. The lowest BCUT2D eigenvalue weighted by atomic mass is 9.61. The average Bonchev–Trinajstić information content (AvgIpc) is 1.90. The Morgan fingerprint density at radius 2 is 2.56 bits per heavy atom. The number of carbonyl (C=O) groups is 1. The summed E-state index contributed by atoms with van der Waals surface area (Å²) in [5.74, 6) is -0.978. The average molecular weight is 128 g/mol. The number of hydrogen-bond donors (Lipinski definition) is 1. The summed E-state index contributed by atoms with van der Waals surface area (Å²) in [7, 11) is 0.773. The maximum absolute atomic E-state index is 10.3. The van der Waals surface area contributed by atoms with Crippen LogP contribution in [0, 0.1) is 0 Å². The minimum Gasteiger partial charge on any atom is -0.481 e. The molecule has 9 heavy (non-hydrogen) atoms. The predicted octanol–water partition coefficient (Wildman–Crippen LogP) is -0.256. The third kappa shape index (κ3) is 1.71. The highest BCUT2D eigenvalue weighted by atomic mass is 16.5. The molecule has 1 heterocycles. The zero-order chi connectivity index (χ0) is 6.69. The lowest BCUT2D eigenvalue weighted by Crippen LogP contribution is -2.25. The van der Waals surface area contributed by atoms with Crippen molar-refractivity contribution in [1.29, 1.82) is 0 Å². The van der Waals surface area contributed by atoms with Crippen molar-refractivity contribution >= 4 is 13.2 Å². The quantitative estimate of drug-likeness (QED) is 0.495. The van der Waals surface area contributed by atoms with E-state index in [9.17, 15) is 4.79 Å². The van der Waals surface area contributed by atoms with Crippen molar-refractivity contribution in [3.05, 3.63) is 0 Å². The molecule has 0 aromatic rings. The van der Waals surface area contributed by atoms with Crippen molar-refractivity contribution in [2.75, 3.05) is 13.2 Å². The Bertz CT molecular complexity index is 109. The van der Waals surface area contributed by atoms with E-state index in [1.54, 1.807) is 0 Å². The molecule has 4 heteroatoms. The molecular formula is C5H9BO3. The van der Waals surface area contributed by atoms with E-state index in [1.807, 2.05) is 0 Å². The third-order valence-electron chi connectivity index (χ3n) is 1.51. The number of ether oxygens (including phenoxy) is 1. The van der Waals surface area contributed by atoms with E-state index < -0.39 is 5.97 Å². The largest absolute Gasteiger partial charge is 0.481 e. The van der Waals surface area contributed by atoms with Gasteiger partial charge < -0.3 is 9.84 Å². The van der Waals surface area contributed by atoms with Gasteiger partial charge in [0, 0.05) is 6.61 Å². The van der Waals surface area contributed by atoms with Crippen molar-refractivity contribution < 1.29 is 14.6 Å². The van der Waals surface area contributed by atoms with E-state index in [1.165, 1.54) is 0 Å². The minimum absolute atomic E-state index is 0.251. The van der Waals surface area contributed by atoms with Gasteiger partial charge in [-0.25, -0.2) is 0 Å². The number of carboxylic acids is 1. The molecule has 1 N–H and O–H groups in total. The Labute approximate surface area is 54.2 Å². The predicted molar refractivity (Wildman–Crippen MR) is 34.2 cm³/mol. The Balaban J connectivity index is 2.31. The van der Waals surface area contributed by atoms with Gasteiger partial charge in [0.1, 0.15) is 7.28 Å². The van der Waals surface area contributed by atoms with Gasteiger partial charge in [-0.05, 0) is 0 Å². The molecule has 0 aromatic carbocycles. The van der Waals surface area contributed by atoms with E-state index in [4.69, 9.17) is 9.84 Å². The van der Waals surface area contributed by atoms with E-state index in [0.717, 1.165) is 20.2 Å². The molecular weight excluding hydrogens is 119 g/mol. The van der Waals surface area contributed by atoms with Gasteiger partial charge in [-0.1, -0.05) is 6.32 Å². The van der Waals surface area contributed by atoms with E-state index >= 15 is 0 Å². The first-order valence-electron chi connectivity index (χ1n) is 3.11. The zero-order valence-corrected chi connectivity index (χ0v) is 5.17. The monoisotopic (exact) mass is 128 g/mol. The molecule has 0 saturated carbocycles. The van der Waals surface area contributed by atoms with Gasteiger partial charge in [0.2, 0.25) is 0 Å². The summed E-state index contributed by atoms with van der Waals surface area (Å²) < 4.78 is 4.96. The Hall–Kier alpha value is -0.505. The van der Waals surface area contributed by atoms with E-state index in [0.29, 0.717) is 6.61 Å². The maximum atomic E-state index is 10.3. The summed E-state index contributed by atoms with van der Waals surface area (Å²) >= 11 is 0. The standard InChI is InChI=1S/C5H9BO3/c7-5(8)4-3-9-2-1-6-4/h4,6H,1-3H2,(H,7,8). The first kappa shape index (κ1) is 6.61. The van der Waals surface area contributed by atoms with Crippen LogP contribution in [0.3, 0.4) is 0 Å². The molecule has 1 atom stereocenters.